The molecule has 0 fully saturated rings. The van der Waals surface area contributed by atoms with Crippen LogP contribution in [0.3, 0.4) is 0 Å². The number of carbonyl (C=O) groups excluding carboxylic acids is 1. The van der Waals surface area contributed by atoms with Crippen LogP contribution in [0.15, 0.2) is 36.7 Å². The van der Waals surface area contributed by atoms with Gasteiger partial charge < -0.3 is 5.32 Å². The van der Waals surface area contributed by atoms with Crippen LogP contribution in [-0.2, 0) is 0 Å². The zero-order valence-electron chi connectivity index (χ0n) is 8.95. The SMILES string of the molecule is O=C(Nc1cccc(Cl)c1Cl)c1ccncc1Cl. The summed E-state index contributed by atoms with van der Waals surface area (Å²) in [5.74, 6) is -0.369. The molecule has 2 rings (SSSR count). The van der Waals surface area contributed by atoms with Gasteiger partial charge in [0.05, 0.1) is 26.3 Å². The molecule has 0 aliphatic heterocycles. The smallest absolute Gasteiger partial charge is 0.257 e. The number of aromatic nitrogens is 1. The van der Waals surface area contributed by atoms with Gasteiger partial charge in [0, 0.05) is 12.4 Å². The first-order valence-electron chi connectivity index (χ1n) is 4.94. The third-order valence-corrected chi connectivity index (χ3v) is 3.34. The van der Waals surface area contributed by atoms with Crippen LogP contribution >= 0.6 is 34.8 Å². The van der Waals surface area contributed by atoms with Gasteiger partial charge in [0.1, 0.15) is 0 Å². The number of anilines is 1. The number of amides is 1. The number of pyridine rings is 1. The van der Waals surface area contributed by atoms with Crippen LogP contribution in [0.4, 0.5) is 5.69 Å². The summed E-state index contributed by atoms with van der Waals surface area (Å²) in [4.78, 5) is 15.8. The Labute approximate surface area is 119 Å². The van der Waals surface area contributed by atoms with Crippen LogP contribution < -0.4 is 5.32 Å². The Morgan fingerprint density at radius 3 is 2.61 bits per heavy atom. The molecule has 3 nitrogen and oxygen atoms in total. The van der Waals surface area contributed by atoms with Crippen LogP contribution in [0.25, 0.3) is 0 Å². The van der Waals surface area contributed by atoms with Crippen molar-refractivity contribution in [2.24, 2.45) is 0 Å². The van der Waals surface area contributed by atoms with Crippen molar-refractivity contribution in [3.8, 4) is 0 Å². The molecule has 6 heteroatoms. The minimum atomic E-state index is -0.369. The van der Waals surface area contributed by atoms with E-state index in [1.165, 1.54) is 18.5 Å². The standard InChI is InChI=1S/C12H7Cl3N2O/c13-8-2-1-3-10(11(8)15)17-12(18)7-4-5-16-6-9(7)14/h1-6H,(H,17,18). The Bertz CT molecular complexity index is 602. The second kappa shape index (κ2) is 5.57. The summed E-state index contributed by atoms with van der Waals surface area (Å²) in [5.41, 5.74) is 0.754. The molecule has 0 atom stereocenters. The molecule has 1 aromatic carbocycles. The van der Waals surface area contributed by atoms with Crippen molar-refractivity contribution in [3.63, 3.8) is 0 Å². The van der Waals surface area contributed by atoms with Gasteiger partial charge in [0.25, 0.3) is 5.91 Å². The van der Waals surface area contributed by atoms with Gasteiger partial charge in [-0.25, -0.2) is 0 Å². The fourth-order valence-electron chi connectivity index (χ4n) is 1.35. The van der Waals surface area contributed by atoms with Crippen molar-refractivity contribution < 1.29 is 4.79 Å². The maximum Gasteiger partial charge on any atom is 0.257 e. The first-order valence-corrected chi connectivity index (χ1v) is 6.08. The zero-order chi connectivity index (χ0) is 13.1. The molecule has 0 saturated carbocycles. The van der Waals surface area contributed by atoms with E-state index in [0.717, 1.165) is 0 Å². The van der Waals surface area contributed by atoms with Crippen molar-refractivity contribution >= 4 is 46.4 Å². The van der Waals surface area contributed by atoms with Crippen LogP contribution in [-0.4, -0.2) is 10.9 Å². The summed E-state index contributed by atoms with van der Waals surface area (Å²) < 4.78 is 0. The van der Waals surface area contributed by atoms with Crippen molar-refractivity contribution in [1.29, 1.82) is 0 Å². The van der Waals surface area contributed by atoms with Crippen molar-refractivity contribution in [2.45, 2.75) is 0 Å². The molecule has 92 valence electrons. The number of nitrogens with zero attached hydrogens (tertiary/aromatic N) is 1. The van der Waals surface area contributed by atoms with E-state index in [-0.39, 0.29) is 16.0 Å². The van der Waals surface area contributed by atoms with E-state index in [9.17, 15) is 4.79 Å². The lowest BCUT2D eigenvalue weighted by Crippen LogP contribution is -2.12. The van der Waals surface area contributed by atoms with Gasteiger partial charge in [-0.05, 0) is 18.2 Å². The van der Waals surface area contributed by atoms with E-state index in [1.807, 2.05) is 0 Å². The van der Waals surface area contributed by atoms with E-state index >= 15 is 0 Å². The van der Waals surface area contributed by atoms with Crippen LogP contribution in [0.1, 0.15) is 10.4 Å². The van der Waals surface area contributed by atoms with Crippen molar-refractivity contribution in [3.05, 3.63) is 57.3 Å². The molecule has 2 aromatic rings. The van der Waals surface area contributed by atoms with Crippen LogP contribution in [0.5, 0.6) is 0 Å². The zero-order valence-corrected chi connectivity index (χ0v) is 11.2. The Morgan fingerprint density at radius 1 is 1.11 bits per heavy atom. The predicted molar refractivity (Wildman–Crippen MR) is 73.7 cm³/mol. The predicted octanol–water partition coefficient (Wildman–Crippen LogP) is 4.29. The Kier molecular flexibility index (Phi) is 4.07. The molecule has 1 N–H and O–H groups in total. The Hall–Kier alpha value is -1.29. The fourth-order valence-corrected chi connectivity index (χ4v) is 1.90. The van der Waals surface area contributed by atoms with E-state index < -0.39 is 0 Å². The quantitative estimate of drug-likeness (QED) is 0.899. The molecule has 18 heavy (non-hydrogen) atoms. The van der Waals surface area contributed by atoms with Crippen LogP contribution in [0, 0.1) is 0 Å². The third-order valence-electron chi connectivity index (χ3n) is 2.22. The largest absolute Gasteiger partial charge is 0.321 e. The molecule has 0 spiro atoms. The lowest BCUT2D eigenvalue weighted by Gasteiger charge is -2.08. The van der Waals surface area contributed by atoms with E-state index in [1.54, 1.807) is 18.2 Å². The lowest BCUT2D eigenvalue weighted by molar-refractivity contribution is 0.102. The monoisotopic (exact) mass is 300 g/mol. The number of hydrogen-bond acceptors (Lipinski definition) is 2. The van der Waals surface area contributed by atoms with Gasteiger partial charge >= 0.3 is 0 Å². The van der Waals surface area contributed by atoms with Crippen LogP contribution in [0.2, 0.25) is 15.1 Å². The van der Waals surface area contributed by atoms with E-state index in [0.29, 0.717) is 16.3 Å². The molecule has 0 radical (unpaired) electrons. The number of hydrogen-bond donors (Lipinski definition) is 1. The lowest BCUT2D eigenvalue weighted by atomic mass is 10.2. The number of carbonyl (C=O) groups is 1. The van der Waals surface area contributed by atoms with Gasteiger partial charge in [-0.3, -0.25) is 9.78 Å². The van der Waals surface area contributed by atoms with E-state index in [2.05, 4.69) is 10.3 Å². The highest BCUT2D eigenvalue weighted by Crippen LogP contribution is 2.30. The minimum absolute atomic E-state index is 0.271. The van der Waals surface area contributed by atoms with Gasteiger partial charge in [0.15, 0.2) is 0 Å². The topological polar surface area (TPSA) is 42.0 Å². The number of halogens is 3. The summed E-state index contributed by atoms with van der Waals surface area (Å²) in [6.45, 7) is 0. The van der Waals surface area contributed by atoms with Gasteiger partial charge in [0.2, 0.25) is 0 Å². The average molecular weight is 302 g/mol. The normalized spacial score (nSPS) is 10.2. The molecule has 0 aliphatic carbocycles. The highest BCUT2D eigenvalue weighted by molar-refractivity contribution is 6.44. The molecule has 1 amide bonds. The highest BCUT2D eigenvalue weighted by Gasteiger charge is 2.12. The molecule has 0 aliphatic rings. The number of benzene rings is 1. The summed E-state index contributed by atoms with van der Waals surface area (Å²) in [6.07, 6.45) is 2.89. The summed E-state index contributed by atoms with van der Waals surface area (Å²) in [7, 11) is 0. The summed E-state index contributed by atoms with van der Waals surface area (Å²) in [6, 6.07) is 6.51. The number of rotatable bonds is 2. The third kappa shape index (κ3) is 2.75. The average Bonchev–Trinajstić information content (AvgIpc) is 2.35. The number of nitrogens with one attached hydrogen (secondary N) is 1. The Balaban J connectivity index is 2.27. The summed E-state index contributed by atoms with van der Waals surface area (Å²) in [5, 5.41) is 3.57. The second-order valence-electron chi connectivity index (χ2n) is 3.41. The molecular weight excluding hydrogens is 295 g/mol. The first-order chi connectivity index (χ1) is 8.59. The first kappa shape index (κ1) is 13.1. The van der Waals surface area contributed by atoms with Crippen molar-refractivity contribution in [2.75, 3.05) is 5.32 Å². The van der Waals surface area contributed by atoms with Gasteiger partial charge in [-0.15, -0.1) is 0 Å². The fraction of sp³-hybridized carbons (Fsp3) is 0. The maximum atomic E-state index is 12.0. The summed E-state index contributed by atoms with van der Waals surface area (Å²) >= 11 is 17.7. The molecule has 0 unspecified atom stereocenters. The molecule has 1 aromatic heterocycles. The molecular formula is C12H7Cl3N2O. The molecule has 0 bridgehead atoms. The van der Waals surface area contributed by atoms with Gasteiger partial charge in [-0.1, -0.05) is 40.9 Å². The highest BCUT2D eigenvalue weighted by atomic mass is 35.5. The molecule has 0 saturated heterocycles. The Morgan fingerprint density at radius 2 is 1.89 bits per heavy atom. The minimum Gasteiger partial charge on any atom is -0.321 e. The van der Waals surface area contributed by atoms with E-state index in [4.69, 9.17) is 34.8 Å². The van der Waals surface area contributed by atoms with Crippen molar-refractivity contribution in [1.82, 2.24) is 4.98 Å². The van der Waals surface area contributed by atoms with Gasteiger partial charge in [-0.2, -0.15) is 0 Å². The molecule has 1 heterocycles. The maximum absolute atomic E-state index is 12.0. The second-order valence-corrected chi connectivity index (χ2v) is 4.60.